The van der Waals surface area contributed by atoms with Crippen LogP contribution in [-0.2, 0) is 9.53 Å². The standard InChI is InChI=1S/C15H33N3O2/c1-13(2)17-15(3,14(16)19)9-6-7-10-18(4)11-8-12-20-5/h13,17H,6-12H2,1-5H3,(H2,16,19). The van der Waals surface area contributed by atoms with Gasteiger partial charge in [-0.3, -0.25) is 4.79 Å². The van der Waals surface area contributed by atoms with Crippen LogP contribution < -0.4 is 11.1 Å². The van der Waals surface area contributed by atoms with Crippen LogP contribution in [-0.4, -0.2) is 56.2 Å². The van der Waals surface area contributed by atoms with Crippen LogP contribution in [0.3, 0.4) is 0 Å². The summed E-state index contributed by atoms with van der Waals surface area (Å²) in [5.74, 6) is -0.264. The van der Waals surface area contributed by atoms with E-state index in [0.717, 1.165) is 45.4 Å². The molecule has 5 nitrogen and oxygen atoms in total. The number of rotatable bonds is 12. The second-order valence-electron chi connectivity index (χ2n) is 6.10. The number of ether oxygens (including phenoxy) is 1. The van der Waals surface area contributed by atoms with E-state index in [2.05, 4.69) is 17.3 Å². The molecule has 5 heteroatoms. The third-order valence-electron chi connectivity index (χ3n) is 3.51. The van der Waals surface area contributed by atoms with Crippen molar-refractivity contribution in [1.82, 2.24) is 10.2 Å². The first-order valence-electron chi connectivity index (χ1n) is 7.57. The molecule has 0 rings (SSSR count). The van der Waals surface area contributed by atoms with Crippen molar-refractivity contribution >= 4 is 5.91 Å². The summed E-state index contributed by atoms with van der Waals surface area (Å²) < 4.78 is 5.04. The molecule has 0 spiro atoms. The van der Waals surface area contributed by atoms with Crippen molar-refractivity contribution in [3.8, 4) is 0 Å². The van der Waals surface area contributed by atoms with Gasteiger partial charge in [-0.2, -0.15) is 0 Å². The maximum Gasteiger partial charge on any atom is 0.237 e. The van der Waals surface area contributed by atoms with E-state index in [0.29, 0.717) is 0 Å². The van der Waals surface area contributed by atoms with Crippen molar-refractivity contribution in [3.63, 3.8) is 0 Å². The zero-order valence-electron chi connectivity index (χ0n) is 13.9. The van der Waals surface area contributed by atoms with Crippen LogP contribution in [0.1, 0.15) is 46.5 Å². The first-order chi connectivity index (χ1) is 9.31. The summed E-state index contributed by atoms with van der Waals surface area (Å²) in [4.78, 5) is 13.9. The lowest BCUT2D eigenvalue weighted by Gasteiger charge is -2.30. The minimum atomic E-state index is -0.594. The Labute approximate surface area is 124 Å². The van der Waals surface area contributed by atoms with Crippen LogP contribution in [0.2, 0.25) is 0 Å². The fraction of sp³-hybridized carbons (Fsp3) is 0.933. The van der Waals surface area contributed by atoms with Gasteiger partial charge in [-0.15, -0.1) is 0 Å². The molecule has 3 N–H and O–H groups in total. The summed E-state index contributed by atoms with van der Waals surface area (Å²) >= 11 is 0. The number of carbonyl (C=O) groups excluding carboxylic acids is 1. The number of hydrogen-bond acceptors (Lipinski definition) is 4. The molecule has 0 radical (unpaired) electrons. The molecule has 120 valence electrons. The molecular formula is C15H33N3O2. The molecule has 0 aromatic rings. The van der Waals surface area contributed by atoms with E-state index in [-0.39, 0.29) is 11.9 Å². The maximum absolute atomic E-state index is 11.6. The lowest BCUT2D eigenvalue weighted by atomic mass is 9.93. The molecule has 0 aliphatic rings. The highest BCUT2D eigenvalue weighted by atomic mass is 16.5. The summed E-state index contributed by atoms with van der Waals surface area (Å²) in [6, 6.07) is 0.254. The Morgan fingerprint density at radius 1 is 1.30 bits per heavy atom. The van der Waals surface area contributed by atoms with Gasteiger partial charge in [-0.1, -0.05) is 0 Å². The molecule has 0 heterocycles. The molecule has 0 bridgehead atoms. The third kappa shape index (κ3) is 8.51. The molecule has 1 unspecified atom stereocenters. The Hall–Kier alpha value is -0.650. The topological polar surface area (TPSA) is 67.6 Å². The summed E-state index contributed by atoms with van der Waals surface area (Å²) in [7, 11) is 3.85. The normalized spacial score (nSPS) is 14.8. The summed E-state index contributed by atoms with van der Waals surface area (Å²) in [6.07, 6.45) is 3.91. The Morgan fingerprint density at radius 2 is 1.90 bits per heavy atom. The van der Waals surface area contributed by atoms with Crippen molar-refractivity contribution < 1.29 is 9.53 Å². The second-order valence-corrected chi connectivity index (χ2v) is 6.10. The first kappa shape index (κ1) is 19.4. The quantitative estimate of drug-likeness (QED) is 0.532. The van der Waals surface area contributed by atoms with Crippen LogP contribution in [0.25, 0.3) is 0 Å². The van der Waals surface area contributed by atoms with Crippen molar-refractivity contribution in [2.75, 3.05) is 33.9 Å². The molecule has 1 atom stereocenters. The molecular weight excluding hydrogens is 254 g/mol. The highest BCUT2D eigenvalue weighted by molar-refractivity contribution is 5.84. The van der Waals surface area contributed by atoms with Crippen molar-refractivity contribution in [1.29, 1.82) is 0 Å². The Bertz CT molecular complexity index is 272. The number of primary amides is 1. The van der Waals surface area contributed by atoms with Crippen molar-refractivity contribution in [2.24, 2.45) is 5.73 Å². The number of nitrogens with two attached hydrogens (primary N) is 1. The van der Waals surface area contributed by atoms with Crippen LogP contribution in [0.4, 0.5) is 0 Å². The van der Waals surface area contributed by atoms with Gasteiger partial charge < -0.3 is 20.7 Å². The first-order valence-corrected chi connectivity index (χ1v) is 7.57. The highest BCUT2D eigenvalue weighted by Gasteiger charge is 2.30. The predicted octanol–water partition coefficient (Wildman–Crippen LogP) is 1.37. The number of amides is 1. The third-order valence-corrected chi connectivity index (χ3v) is 3.51. The molecule has 0 aromatic carbocycles. The fourth-order valence-electron chi connectivity index (χ4n) is 2.35. The van der Waals surface area contributed by atoms with Gasteiger partial charge in [-0.05, 0) is 60.0 Å². The second kappa shape index (κ2) is 10.1. The summed E-state index contributed by atoms with van der Waals surface area (Å²) in [5, 5.41) is 3.28. The van der Waals surface area contributed by atoms with Gasteiger partial charge >= 0.3 is 0 Å². The lowest BCUT2D eigenvalue weighted by molar-refractivity contribution is -0.124. The zero-order chi connectivity index (χ0) is 15.6. The van der Waals surface area contributed by atoms with Gasteiger partial charge in [0.1, 0.15) is 0 Å². The molecule has 0 saturated carbocycles. The Balaban J connectivity index is 3.92. The SMILES string of the molecule is COCCCN(C)CCCCC(C)(NC(C)C)C(N)=O. The van der Waals surface area contributed by atoms with E-state index in [4.69, 9.17) is 10.5 Å². The summed E-state index contributed by atoms with van der Waals surface area (Å²) in [5.41, 5.74) is 4.92. The molecule has 0 saturated heterocycles. The van der Waals surface area contributed by atoms with E-state index in [9.17, 15) is 4.79 Å². The molecule has 20 heavy (non-hydrogen) atoms. The smallest absolute Gasteiger partial charge is 0.237 e. The molecule has 0 aliphatic carbocycles. The van der Waals surface area contributed by atoms with Crippen LogP contribution in [0.5, 0.6) is 0 Å². The number of nitrogens with zero attached hydrogens (tertiary/aromatic N) is 1. The largest absolute Gasteiger partial charge is 0.385 e. The van der Waals surface area contributed by atoms with Gasteiger partial charge in [-0.25, -0.2) is 0 Å². The number of hydrogen-bond donors (Lipinski definition) is 2. The highest BCUT2D eigenvalue weighted by Crippen LogP contribution is 2.15. The van der Waals surface area contributed by atoms with Crippen molar-refractivity contribution in [3.05, 3.63) is 0 Å². The molecule has 0 aromatic heterocycles. The van der Waals surface area contributed by atoms with E-state index >= 15 is 0 Å². The van der Waals surface area contributed by atoms with Gasteiger partial charge in [0.2, 0.25) is 5.91 Å². The van der Waals surface area contributed by atoms with Crippen LogP contribution in [0.15, 0.2) is 0 Å². The minimum Gasteiger partial charge on any atom is -0.385 e. The number of carbonyl (C=O) groups is 1. The van der Waals surface area contributed by atoms with E-state index in [1.807, 2.05) is 20.8 Å². The average molecular weight is 287 g/mol. The van der Waals surface area contributed by atoms with Gasteiger partial charge in [0.15, 0.2) is 0 Å². The Morgan fingerprint density at radius 3 is 2.40 bits per heavy atom. The van der Waals surface area contributed by atoms with E-state index in [1.54, 1.807) is 7.11 Å². The van der Waals surface area contributed by atoms with E-state index < -0.39 is 5.54 Å². The zero-order valence-corrected chi connectivity index (χ0v) is 13.9. The predicted molar refractivity (Wildman–Crippen MR) is 83.7 cm³/mol. The van der Waals surface area contributed by atoms with Gasteiger partial charge in [0.05, 0.1) is 5.54 Å². The fourth-order valence-corrected chi connectivity index (χ4v) is 2.35. The van der Waals surface area contributed by atoms with Crippen molar-refractivity contribution in [2.45, 2.75) is 58.0 Å². The lowest BCUT2D eigenvalue weighted by Crippen LogP contribution is -2.55. The van der Waals surface area contributed by atoms with Crippen LogP contribution >= 0.6 is 0 Å². The Kier molecular flexibility index (Phi) is 9.80. The summed E-state index contributed by atoms with van der Waals surface area (Å²) in [6.45, 7) is 8.86. The van der Waals surface area contributed by atoms with Gasteiger partial charge in [0.25, 0.3) is 0 Å². The average Bonchev–Trinajstić information content (AvgIpc) is 2.34. The minimum absolute atomic E-state index is 0.254. The molecule has 0 aliphatic heterocycles. The van der Waals surface area contributed by atoms with E-state index in [1.165, 1.54) is 0 Å². The van der Waals surface area contributed by atoms with Gasteiger partial charge in [0, 0.05) is 26.3 Å². The number of unbranched alkanes of at least 4 members (excludes halogenated alkanes) is 1. The molecule has 0 fully saturated rings. The van der Waals surface area contributed by atoms with Crippen LogP contribution in [0, 0.1) is 0 Å². The molecule has 1 amide bonds. The number of methoxy groups -OCH3 is 1. The monoisotopic (exact) mass is 287 g/mol. The number of nitrogens with one attached hydrogen (secondary N) is 1. The maximum atomic E-state index is 11.6.